The highest BCUT2D eigenvalue weighted by molar-refractivity contribution is 5.76. The van der Waals surface area contributed by atoms with Gasteiger partial charge in [0.25, 0.3) is 0 Å². The summed E-state index contributed by atoms with van der Waals surface area (Å²) < 4.78 is 5.24. The molecule has 0 atom stereocenters. The highest BCUT2D eigenvalue weighted by Gasteiger charge is 2.22. The van der Waals surface area contributed by atoms with Crippen LogP contribution in [0.3, 0.4) is 0 Å². The number of aromatic nitrogens is 3. The number of amides is 1. The van der Waals surface area contributed by atoms with E-state index in [2.05, 4.69) is 20.4 Å². The zero-order valence-corrected chi connectivity index (χ0v) is 14.6. The molecule has 0 radical (unpaired) electrons. The monoisotopic (exact) mass is 343 g/mol. The van der Waals surface area contributed by atoms with Gasteiger partial charge in [0.15, 0.2) is 0 Å². The number of piperidine rings is 1. The lowest BCUT2D eigenvalue weighted by molar-refractivity contribution is -0.132. The molecular formula is C18H25N5O2. The molecule has 0 unspecified atom stereocenters. The van der Waals surface area contributed by atoms with E-state index in [1.54, 1.807) is 6.20 Å². The van der Waals surface area contributed by atoms with Crippen LogP contribution in [0, 0.1) is 5.92 Å². The Morgan fingerprint density at radius 1 is 1.36 bits per heavy atom. The van der Waals surface area contributed by atoms with Gasteiger partial charge in [-0.15, -0.1) is 0 Å². The minimum atomic E-state index is 0.171. The first kappa shape index (κ1) is 17.5. The van der Waals surface area contributed by atoms with E-state index < -0.39 is 0 Å². The summed E-state index contributed by atoms with van der Waals surface area (Å²) in [6.45, 7) is 2.76. The number of aryl methyl sites for hydroxylation is 1. The van der Waals surface area contributed by atoms with Gasteiger partial charge in [-0.25, -0.2) is 0 Å². The van der Waals surface area contributed by atoms with Gasteiger partial charge in [0.05, 0.1) is 0 Å². The van der Waals surface area contributed by atoms with Crippen molar-refractivity contribution < 1.29 is 9.32 Å². The minimum Gasteiger partial charge on any atom is -0.343 e. The number of carbonyl (C=O) groups excluding carboxylic acids is 1. The summed E-state index contributed by atoms with van der Waals surface area (Å²) in [6.07, 6.45) is 5.95. The Balaban J connectivity index is 1.45. The highest BCUT2D eigenvalue weighted by atomic mass is 16.5. The first-order valence-corrected chi connectivity index (χ1v) is 8.92. The Labute approximate surface area is 147 Å². The number of carbonyl (C=O) groups is 1. The molecule has 0 spiro atoms. The number of nitrogens with zero attached hydrogens (tertiary/aromatic N) is 4. The van der Waals surface area contributed by atoms with Crippen LogP contribution in [0.2, 0.25) is 0 Å². The van der Waals surface area contributed by atoms with Crippen LogP contribution in [-0.4, -0.2) is 52.6 Å². The Hall–Kier alpha value is -2.28. The zero-order valence-electron chi connectivity index (χ0n) is 14.6. The quantitative estimate of drug-likeness (QED) is 0.827. The Morgan fingerprint density at radius 3 is 2.92 bits per heavy atom. The van der Waals surface area contributed by atoms with E-state index in [1.807, 2.05) is 30.1 Å². The molecule has 1 N–H and O–H groups in total. The molecule has 1 aliphatic heterocycles. The van der Waals surface area contributed by atoms with Gasteiger partial charge in [0.1, 0.15) is 5.69 Å². The maximum Gasteiger partial charge on any atom is 0.227 e. The van der Waals surface area contributed by atoms with E-state index in [1.165, 1.54) is 6.42 Å². The molecule has 134 valence electrons. The molecule has 1 saturated heterocycles. The van der Waals surface area contributed by atoms with Crippen LogP contribution in [0.5, 0.6) is 0 Å². The van der Waals surface area contributed by atoms with E-state index >= 15 is 0 Å². The molecule has 7 nitrogen and oxygen atoms in total. The topological polar surface area (TPSA) is 84.2 Å². The number of hydrogen-bond acceptors (Lipinski definition) is 6. The average molecular weight is 343 g/mol. The van der Waals surface area contributed by atoms with Crippen molar-refractivity contribution in [3.8, 4) is 11.5 Å². The van der Waals surface area contributed by atoms with E-state index in [0.29, 0.717) is 30.3 Å². The summed E-state index contributed by atoms with van der Waals surface area (Å²) in [7, 11) is 1.98. The van der Waals surface area contributed by atoms with Gasteiger partial charge < -0.3 is 14.7 Å². The van der Waals surface area contributed by atoms with Crippen molar-refractivity contribution in [3.63, 3.8) is 0 Å². The third-order valence-electron chi connectivity index (χ3n) is 4.68. The molecule has 3 rings (SSSR count). The fourth-order valence-electron chi connectivity index (χ4n) is 3.15. The van der Waals surface area contributed by atoms with Gasteiger partial charge in [-0.05, 0) is 50.9 Å². The second kappa shape index (κ2) is 8.71. The first-order valence-electron chi connectivity index (χ1n) is 8.92. The fourth-order valence-corrected chi connectivity index (χ4v) is 3.15. The molecule has 2 aromatic rings. The predicted octanol–water partition coefficient (Wildman–Crippen LogP) is 1.91. The Kier molecular flexibility index (Phi) is 6.11. The van der Waals surface area contributed by atoms with Crippen LogP contribution in [0.4, 0.5) is 0 Å². The van der Waals surface area contributed by atoms with Crippen molar-refractivity contribution in [1.29, 1.82) is 0 Å². The van der Waals surface area contributed by atoms with Crippen molar-refractivity contribution >= 4 is 5.91 Å². The number of likely N-dealkylation sites (tertiary alicyclic amines) is 1. The van der Waals surface area contributed by atoms with Crippen molar-refractivity contribution in [3.05, 3.63) is 30.3 Å². The SMILES string of the molecule is CNCCC1CCN(C(=O)CCc2nc(-c3ccccn3)no2)CC1. The molecule has 0 saturated carbocycles. The van der Waals surface area contributed by atoms with Crippen molar-refractivity contribution in [2.45, 2.75) is 32.1 Å². The highest BCUT2D eigenvalue weighted by Crippen LogP contribution is 2.21. The van der Waals surface area contributed by atoms with E-state index in [0.717, 1.165) is 38.4 Å². The van der Waals surface area contributed by atoms with Crippen LogP contribution in [-0.2, 0) is 11.2 Å². The summed E-state index contributed by atoms with van der Waals surface area (Å²) in [5.41, 5.74) is 0.674. The molecule has 2 aromatic heterocycles. The normalized spacial score (nSPS) is 15.5. The van der Waals surface area contributed by atoms with E-state index in [-0.39, 0.29) is 5.91 Å². The summed E-state index contributed by atoms with van der Waals surface area (Å²) >= 11 is 0. The number of rotatable bonds is 7. The van der Waals surface area contributed by atoms with Gasteiger partial charge in [0.2, 0.25) is 17.6 Å². The van der Waals surface area contributed by atoms with E-state index in [9.17, 15) is 4.79 Å². The van der Waals surface area contributed by atoms with Gasteiger partial charge in [0, 0.05) is 32.1 Å². The predicted molar refractivity (Wildman–Crippen MR) is 93.7 cm³/mol. The molecule has 3 heterocycles. The summed E-state index contributed by atoms with van der Waals surface area (Å²) in [5.74, 6) is 1.85. The zero-order chi connectivity index (χ0) is 17.5. The summed E-state index contributed by atoms with van der Waals surface area (Å²) in [6, 6.07) is 5.55. The smallest absolute Gasteiger partial charge is 0.227 e. The van der Waals surface area contributed by atoms with Crippen LogP contribution in [0.25, 0.3) is 11.5 Å². The second-order valence-corrected chi connectivity index (χ2v) is 6.44. The second-order valence-electron chi connectivity index (χ2n) is 6.44. The Morgan fingerprint density at radius 2 is 2.20 bits per heavy atom. The molecule has 0 aliphatic carbocycles. The maximum absolute atomic E-state index is 12.4. The maximum atomic E-state index is 12.4. The van der Waals surface area contributed by atoms with E-state index in [4.69, 9.17) is 4.52 Å². The molecule has 7 heteroatoms. The lowest BCUT2D eigenvalue weighted by Crippen LogP contribution is -2.39. The first-order chi connectivity index (χ1) is 12.3. The van der Waals surface area contributed by atoms with Gasteiger partial charge in [-0.1, -0.05) is 11.2 Å². The third kappa shape index (κ3) is 4.85. The fraction of sp³-hybridized carbons (Fsp3) is 0.556. The molecule has 0 bridgehead atoms. The number of hydrogen-bond donors (Lipinski definition) is 1. The molecule has 1 fully saturated rings. The molecule has 1 amide bonds. The van der Waals surface area contributed by atoms with Crippen LogP contribution >= 0.6 is 0 Å². The summed E-state index contributed by atoms with van der Waals surface area (Å²) in [5, 5.41) is 7.13. The summed E-state index contributed by atoms with van der Waals surface area (Å²) in [4.78, 5) is 22.9. The van der Waals surface area contributed by atoms with Crippen LogP contribution in [0.15, 0.2) is 28.9 Å². The molecule has 0 aromatic carbocycles. The largest absolute Gasteiger partial charge is 0.343 e. The van der Waals surface area contributed by atoms with Gasteiger partial charge in [-0.3, -0.25) is 9.78 Å². The lowest BCUT2D eigenvalue weighted by atomic mass is 9.93. The molecular weight excluding hydrogens is 318 g/mol. The number of nitrogens with one attached hydrogen (secondary N) is 1. The Bertz CT molecular complexity index is 665. The minimum absolute atomic E-state index is 0.171. The third-order valence-corrected chi connectivity index (χ3v) is 4.68. The van der Waals surface area contributed by atoms with Gasteiger partial charge in [-0.2, -0.15) is 4.98 Å². The standard InChI is InChI=1S/C18H25N5O2/c1-19-11-7-14-8-12-23(13-9-14)17(24)6-5-16-21-18(22-25-16)15-4-2-3-10-20-15/h2-4,10,14,19H,5-9,11-13H2,1H3. The van der Waals surface area contributed by atoms with Crippen molar-refractivity contribution in [1.82, 2.24) is 25.3 Å². The van der Waals surface area contributed by atoms with Crippen molar-refractivity contribution in [2.24, 2.45) is 5.92 Å². The van der Waals surface area contributed by atoms with Crippen molar-refractivity contribution in [2.75, 3.05) is 26.7 Å². The van der Waals surface area contributed by atoms with Crippen LogP contribution in [0.1, 0.15) is 31.6 Å². The van der Waals surface area contributed by atoms with Crippen LogP contribution < -0.4 is 5.32 Å². The average Bonchev–Trinajstić information content (AvgIpc) is 3.14. The number of pyridine rings is 1. The van der Waals surface area contributed by atoms with Gasteiger partial charge >= 0.3 is 0 Å². The molecule has 1 aliphatic rings. The molecule has 25 heavy (non-hydrogen) atoms. The lowest BCUT2D eigenvalue weighted by Gasteiger charge is -2.32.